The lowest BCUT2D eigenvalue weighted by Crippen LogP contribution is -1.73. The summed E-state index contributed by atoms with van der Waals surface area (Å²) in [5, 5.41) is 14.9. The molecule has 0 saturated carbocycles. The maximum Gasteiger partial charge on any atom is 0.394 e. The molecule has 1 N–H and O–H groups in total. The van der Waals surface area contributed by atoms with Gasteiger partial charge in [-0.3, -0.25) is 0 Å². The van der Waals surface area contributed by atoms with Crippen molar-refractivity contribution in [2.24, 2.45) is 0 Å². The van der Waals surface area contributed by atoms with Gasteiger partial charge >= 0.3 is 7.48 Å². The van der Waals surface area contributed by atoms with E-state index >= 15 is 0 Å². The highest BCUT2D eigenvalue weighted by Crippen LogP contribution is 1.27. The molecule has 3 heteroatoms. The molecule has 4 heavy (non-hydrogen) atoms. The van der Waals surface area contributed by atoms with Crippen LogP contribution in [-0.2, 0) is 0 Å². The lowest BCUT2D eigenvalue weighted by molar-refractivity contribution is 0.616. The van der Waals surface area contributed by atoms with Crippen molar-refractivity contribution in [3.05, 3.63) is 0 Å². The van der Waals surface area contributed by atoms with E-state index in [1.54, 1.807) is 0 Å². The van der Waals surface area contributed by atoms with Crippen molar-refractivity contribution < 1.29 is 5.02 Å². The van der Waals surface area contributed by atoms with Gasteiger partial charge in [0.2, 0.25) is 0 Å². The Labute approximate surface area is 24.9 Å². The van der Waals surface area contributed by atoms with Crippen molar-refractivity contribution in [2.75, 3.05) is 0 Å². The van der Waals surface area contributed by atoms with Gasteiger partial charge in [-0.1, -0.05) is 0 Å². The van der Waals surface area contributed by atoms with E-state index in [1.807, 2.05) is 0 Å². The lowest BCUT2D eigenvalue weighted by atomic mass is 10.1. The summed E-state index contributed by atoms with van der Waals surface area (Å²) < 4.78 is 0. The summed E-state index contributed by atoms with van der Waals surface area (Å²) in [6.45, 7) is 0. The highest BCUT2D eigenvalue weighted by Gasteiger charge is 1.61. The summed E-state index contributed by atoms with van der Waals surface area (Å²) in [6.07, 6.45) is 0. The van der Waals surface area contributed by atoms with E-state index in [1.165, 1.54) is 5.97 Å². The Morgan fingerprint density at radius 3 is 2.25 bits per heavy atom. The Kier molecular flexibility index (Phi) is 2.21. The Hall–Kier alpha value is -0.485. The van der Waals surface area contributed by atoms with Crippen molar-refractivity contribution in [1.82, 2.24) is 0 Å². The van der Waals surface area contributed by atoms with Crippen LogP contribution in [0.15, 0.2) is 0 Å². The Morgan fingerprint density at radius 1 is 2.00 bits per heavy atom. The minimum atomic E-state index is -0.375. The third-order valence-corrected chi connectivity index (χ3v) is 0.0707. The second kappa shape index (κ2) is 2.51. The van der Waals surface area contributed by atoms with Crippen LogP contribution in [0.4, 0.5) is 0 Å². The zero-order chi connectivity index (χ0) is 3.41. The maximum absolute atomic E-state index is 7.51. The van der Waals surface area contributed by atoms with E-state index in [9.17, 15) is 0 Å². The fourth-order valence-corrected chi connectivity index (χ4v) is 0. The van der Waals surface area contributed by atoms with Crippen LogP contribution < -0.4 is 0 Å². The molecule has 0 spiro atoms. The molecule has 0 amide bonds. The van der Waals surface area contributed by atoms with Crippen LogP contribution in [0.25, 0.3) is 0 Å². The monoisotopic (exact) mass is 55.0 g/mol. The van der Waals surface area contributed by atoms with Gasteiger partial charge in [0.05, 0.1) is 0 Å². The van der Waals surface area contributed by atoms with Crippen LogP contribution >= 0.6 is 0 Å². The van der Waals surface area contributed by atoms with Gasteiger partial charge < -0.3 is 5.02 Å². The highest BCUT2D eigenvalue weighted by molar-refractivity contribution is 6.35. The number of nitrogens with zero attached hydrogens (tertiary/aromatic N) is 1. The van der Waals surface area contributed by atoms with E-state index in [-0.39, 0.29) is 7.48 Å². The summed E-state index contributed by atoms with van der Waals surface area (Å²) in [5.74, 6) is 1.49. The van der Waals surface area contributed by atoms with E-state index in [0.29, 0.717) is 0 Å². The summed E-state index contributed by atoms with van der Waals surface area (Å²) in [7, 11) is -0.375. The molecule has 0 saturated heterocycles. The van der Waals surface area contributed by atoms with Gasteiger partial charge in [-0.05, 0) is 0 Å². The van der Waals surface area contributed by atoms with Crippen LogP contribution in [0.1, 0.15) is 0 Å². The first-order valence-corrected chi connectivity index (χ1v) is 0.893. The molecule has 0 atom stereocenters. The Balaban J connectivity index is 2.43. The molecule has 0 heterocycles. The first kappa shape index (κ1) is 3.51. The molecule has 0 aliphatic heterocycles. The molecule has 0 fully saturated rings. The predicted molar refractivity (Wildman–Crippen MR) is 15.0 cm³/mol. The molecule has 2 nitrogen and oxygen atoms in total. The van der Waals surface area contributed by atoms with Gasteiger partial charge in [-0.15, -0.1) is 0 Å². The number of hydrogen-bond acceptors (Lipinski definition) is 2. The van der Waals surface area contributed by atoms with E-state index in [0.717, 1.165) is 0 Å². The number of rotatable bonds is 0. The van der Waals surface area contributed by atoms with Crippen LogP contribution in [0.5, 0.6) is 0 Å². The van der Waals surface area contributed by atoms with Gasteiger partial charge in [-0.25, -0.2) is 5.26 Å². The van der Waals surface area contributed by atoms with E-state index in [2.05, 4.69) is 0 Å². The van der Waals surface area contributed by atoms with Crippen molar-refractivity contribution in [3.63, 3.8) is 0 Å². The number of nitriles is 1. The van der Waals surface area contributed by atoms with Gasteiger partial charge in [0.15, 0.2) is 0 Å². The van der Waals surface area contributed by atoms with Crippen molar-refractivity contribution in [2.45, 2.75) is 0 Å². The minimum Gasteiger partial charge on any atom is -0.441 e. The molecule has 0 bridgehead atoms. The largest absolute Gasteiger partial charge is 0.441 e. The van der Waals surface area contributed by atoms with Gasteiger partial charge in [-0.2, -0.15) is 0 Å². The van der Waals surface area contributed by atoms with Crippen molar-refractivity contribution >= 4 is 7.48 Å². The van der Waals surface area contributed by atoms with Crippen LogP contribution in [0, 0.1) is 11.2 Å². The SMILES string of the molecule is N#CBO. The third-order valence-electron chi connectivity index (χ3n) is 0.0707. The van der Waals surface area contributed by atoms with Gasteiger partial charge in [0.1, 0.15) is 0 Å². The zero-order valence-electron chi connectivity index (χ0n) is 2.10. The molecule has 0 aliphatic carbocycles. The standard InChI is InChI=1S/CH2BNO/c3-1-2-4/h2,4H. The van der Waals surface area contributed by atoms with E-state index in [4.69, 9.17) is 10.3 Å². The molecule has 0 aromatic heterocycles. The molecule has 0 radical (unpaired) electrons. The van der Waals surface area contributed by atoms with E-state index < -0.39 is 0 Å². The van der Waals surface area contributed by atoms with Crippen molar-refractivity contribution in [1.29, 1.82) is 5.26 Å². The van der Waals surface area contributed by atoms with Crippen molar-refractivity contribution in [3.8, 4) is 5.97 Å². The summed E-state index contributed by atoms with van der Waals surface area (Å²) in [5.41, 5.74) is 0. The van der Waals surface area contributed by atoms with Crippen LogP contribution in [0.3, 0.4) is 0 Å². The summed E-state index contributed by atoms with van der Waals surface area (Å²) in [6, 6.07) is 0. The molecule has 0 aromatic carbocycles. The quantitative estimate of drug-likeness (QED) is 0.354. The molecule has 0 rings (SSSR count). The third kappa shape index (κ3) is 1.51. The summed E-state index contributed by atoms with van der Waals surface area (Å²) >= 11 is 0. The average molecular weight is 54.8 g/mol. The maximum atomic E-state index is 7.51. The first-order valence-electron chi connectivity index (χ1n) is 0.893. The molecule has 20 valence electrons. The van der Waals surface area contributed by atoms with Crippen LogP contribution in [0.2, 0.25) is 0 Å². The minimum absolute atomic E-state index is 0.375. The second-order valence-electron chi connectivity index (χ2n) is 0.316. The average Bonchev–Trinajstić information content (AvgIpc) is 1.37. The molecule has 0 unspecified atom stereocenters. The Morgan fingerprint density at radius 2 is 2.25 bits per heavy atom. The first-order chi connectivity index (χ1) is 1.91. The predicted octanol–water partition coefficient (Wildman–Crippen LogP) is -1.19. The summed E-state index contributed by atoms with van der Waals surface area (Å²) in [4.78, 5) is 0. The normalized spacial score (nSPS) is 4.00. The van der Waals surface area contributed by atoms with Gasteiger partial charge in [0, 0.05) is 5.97 Å². The topological polar surface area (TPSA) is 44.0 Å². The molecule has 0 aliphatic rings. The fraction of sp³-hybridized carbons (Fsp3) is 0. The molecule has 0 aromatic rings. The zero-order valence-corrected chi connectivity index (χ0v) is 2.10. The fourth-order valence-electron chi connectivity index (χ4n) is 0. The molecular weight excluding hydrogens is 52.8 g/mol. The Bertz CT molecular complexity index is 37.8. The van der Waals surface area contributed by atoms with Crippen LogP contribution in [-0.4, -0.2) is 12.5 Å². The smallest absolute Gasteiger partial charge is 0.394 e. The number of hydrogen-bond donors (Lipinski definition) is 1. The lowest BCUT2D eigenvalue weighted by Gasteiger charge is -1.44. The highest BCUT2D eigenvalue weighted by atomic mass is 16.2. The van der Waals surface area contributed by atoms with Gasteiger partial charge in [0.25, 0.3) is 0 Å². The second-order valence-corrected chi connectivity index (χ2v) is 0.316. The molecular formula is CH2BNO.